The number of rotatable bonds is 5. The van der Waals surface area contributed by atoms with Crippen LogP contribution in [-0.2, 0) is 0 Å². The van der Waals surface area contributed by atoms with Crippen molar-refractivity contribution in [3.63, 3.8) is 0 Å². The van der Waals surface area contributed by atoms with Gasteiger partial charge in [0.05, 0.1) is 6.10 Å². The normalized spacial score (nSPS) is 10.8. The van der Waals surface area contributed by atoms with Gasteiger partial charge >= 0.3 is 23.1 Å². The van der Waals surface area contributed by atoms with Crippen LogP contribution < -0.4 is 0 Å². The van der Waals surface area contributed by atoms with E-state index in [0.717, 1.165) is 12.8 Å². The molecule has 1 nitrogen and oxygen atoms in total. The van der Waals surface area contributed by atoms with Crippen molar-refractivity contribution in [3.8, 4) is 0 Å². The second-order valence-corrected chi connectivity index (χ2v) is 2.56. The van der Waals surface area contributed by atoms with Crippen molar-refractivity contribution in [1.29, 1.82) is 0 Å². The zero-order chi connectivity index (χ0) is 9.11. The first-order valence-electron chi connectivity index (χ1n) is 4.70. The second-order valence-electron chi connectivity index (χ2n) is 2.56. The smallest absolute Gasteiger partial charge is 0.393 e. The van der Waals surface area contributed by atoms with Crippen LogP contribution in [0.4, 0.5) is 0 Å². The molecule has 0 aromatic carbocycles. The Bertz CT molecular complexity index is 57.8. The standard InChI is InChI=1S/C8H18O.C2H5.Mg/c1-3-5-6-7-8(9)4-2;1-2;/h8-9H,3-7H2,1-2H3;1H2,2H3;/q;-1;+2. The molecule has 0 aliphatic rings. The number of aliphatic hydroxyl groups excluding tert-OH is 1. The molecule has 1 atom stereocenters. The Morgan fingerprint density at radius 2 is 1.67 bits per heavy atom. The molecule has 0 radical (unpaired) electrons. The van der Waals surface area contributed by atoms with E-state index in [0.29, 0.717) is 0 Å². The summed E-state index contributed by atoms with van der Waals surface area (Å²) in [6.07, 6.45) is 5.55. The molecule has 70 valence electrons. The molecule has 0 aromatic heterocycles. The largest absolute Gasteiger partial charge is 2.00 e. The first kappa shape index (κ1) is 18.5. The summed E-state index contributed by atoms with van der Waals surface area (Å²) in [5.74, 6) is 0. The molecule has 0 saturated carbocycles. The van der Waals surface area contributed by atoms with Gasteiger partial charge in [0.1, 0.15) is 0 Å². The SMILES string of the molecule is CCCCCC(O)CC.[CH2-]C.[Mg+2]. The van der Waals surface area contributed by atoms with E-state index in [1.54, 1.807) is 6.92 Å². The third-order valence-electron chi connectivity index (χ3n) is 1.61. The third-order valence-corrected chi connectivity index (χ3v) is 1.61. The molecular formula is C10H23MgO+. The number of hydrogen-bond donors (Lipinski definition) is 1. The van der Waals surface area contributed by atoms with Gasteiger partial charge in [-0.25, -0.2) is 0 Å². The van der Waals surface area contributed by atoms with E-state index in [2.05, 4.69) is 13.8 Å². The maximum atomic E-state index is 9.08. The fraction of sp³-hybridized carbons (Fsp3) is 0.900. The zero-order valence-electron chi connectivity index (χ0n) is 8.97. The molecular weight excluding hydrogens is 160 g/mol. The Morgan fingerprint density at radius 3 is 2.00 bits per heavy atom. The average molecular weight is 184 g/mol. The molecule has 0 saturated heterocycles. The molecule has 12 heavy (non-hydrogen) atoms. The van der Waals surface area contributed by atoms with Crippen LogP contribution >= 0.6 is 0 Å². The number of aliphatic hydroxyl groups is 1. The van der Waals surface area contributed by atoms with Gasteiger partial charge in [-0.2, -0.15) is 6.92 Å². The summed E-state index contributed by atoms with van der Waals surface area (Å²) in [6.45, 7) is 9.20. The quantitative estimate of drug-likeness (QED) is 0.395. The van der Waals surface area contributed by atoms with Crippen LogP contribution in [0.5, 0.6) is 0 Å². The first-order valence-corrected chi connectivity index (χ1v) is 4.70. The summed E-state index contributed by atoms with van der Waals surface area (Å²) in [6, 6.07) is 0. The molecule has 1 unspecified atom stereocenters. The van der Waals surface area contributed by atoms with E-state index < -0.39 is 0 Å². The van der Waals surface area contributed by atoms with Crippen LogP contribution in [0.3, 0.4) is 0 Å². The second kappa shape index (κ2) is 17.7. The summed E-state index contributed by atoms with van der Waals surface area (Å²) >= 11 is 0. The Labute approximate surface area is 94.1 Å². The molecule has 0 bridgehead atoms. The zero-order valence-corrected chi connectivity index (χ0v) is 10.4. The minimum Gasteiger partial charge on any atom is -0.393 e. The number of unbranched alkanes of at least 4 members (excludes halogenated alkanes) is 2. The van der Waals surface area contributed by atoms with E-state index in [1.165, 1.54) is 19.3 Å². The maximum absolute atomic E-state index is 9.08. The van der Waals surface area contributed by atoms with Crippen molar-refractivity contribution >= 4 is 23.1 Å². The molecule has 0 spiro atoms. The van der Waals surface area contributed by atoms with Crippen molar-refractivity contribution in [2.24, 2.45) is 0 Å². The van der Waals surface area contributed by atoms with Crippen molar-refractivity contribution in [2.45, 2.75) is 59.0 Å². The number of hydrogen-bond acceptors (Lipinski definition) is 1. The van der Waals surface area contributed by atoms with Crippen molar-refractivity contribution in [2.75, 3.05) is 0 Å². The van der Waals surface area contributed by atoms with E-state index in [9.17, 15) is 0 Å². The molecule has 0 aromatic rings. The summed E-state index contributed by atoms with van der Waals surface area (Å²) in [4.78, 5) is 0. The van der Waals surface area contributed by atoms with Gasteiger partial charge in [-0.05, 0) is 12.8 Å². The van der Waals surface area contributed by atoms with E-state index in [1.807, 2.05) is 6.92 Å². The molecule has 0 amide bonds. The predicted octanol–water partition coefficient (Wildman–Crippen LogP) is 2.80. The molecule has 0 aliphatic heterocycles. The van der Waals surface area contributed by atoms with Crippen molar-refractivity contribution in [1.82, 2.24) is 0 Å². The van der Waals surface area contributed by atoms with Crippen LogP contribution in [-0.4, -0.2) is 34.3 Å². The maximum Gasteiger partial charge on any atom is 2.00 e. The summed E-state index contributed by atoms with van der Waals surface area (Å²) < 4.78 is 0. The Kier molecular flexibility index (Phi) is 27.3. The van der Waals surface area contributed by atoms with Gasteiger partial charge in [0.25, 0.3) is 0 Å². The predicted molar refractivity (Wildman–Crippen MR) is 57.2 cm³/mol. The molecule has 0 aliphatic carbocycles. The van der Waals surface area contributed by atoms with Crippen LogP contribution in [0.15, 0.2) is 0 Å². The first-order chi connectivity index (χ1) is 5.31. The van der Waals surface area contributed by atoms with Gasteiger partial charge < -0.3 is 12.0 Å². The monoisotopic (exact) mass is 183 g/mol. The van der Waals surface area contributed by atoms with Crippen LogP contribution in [0, 0.1) is 6.92 Å². The molecule has 0 rings (SSSR count). The van der Waals surface area contributed by atoms with E-state index in [4.69, 9.17) is 5.11 Å². The fourth-order valence-corrected chi connectivity index (χ4v) is 0.834. The van der Waals surface area contributed by atoms with E-state index in [-0.39, 0.29) is 29.2 Å². The van der Waals surface area contributed by atoms with Gasteiger partial charge in [-0.15, -0.1) is 0 Å². The molecule has 0 heterocycles. The van der Waals surface area contributed by atoms with Crippen LogP contribution in [0.2, 0.25) is 0 Å². The Hall–Kier alpha value is 0.726. The van der Waals surface area contributed by atoms with Gasteiger partial charge in [0, 0.05) is 0 Å². The van der Waals surface area contributed by atoms with Crippen molar-refractivity contribution in [3.05, 3.63) is 6.92 Å². The molecule has 1 N–H and O–H groups in total. The van der Waals surface area contributed by atoms with Gasteiger partial charge in [0.15, 0.2) is 0 Å². The van der Waals surface area contributed by atoms with Crippen molar-refractivity contribution < 1.29 is 5.11 Å². The minimum atomic E-state index is -0.0449. The Balaban J connectivity index is -0.000000249. The molecule has 0 fully saturated rings. The minimum absolute atomic E-state index is 0. The fourth-order valence-electron chi connectivity index (χ4n) is 0.834. The molecule has 2 heteroatoms. The summed E-state index contributed by atoms with van der Waals surface area (Å²) in [5.41, 5.74) is 0. The summed E-state index contributed by atoms with van der Waals surface area (Å²) in [5, 5.41) is 9.08. The average Bonchev–Trinajstić information content (AvgIpc) is 2.08. The van der Waals surface area contributed by atoms with Gasteiger partial charge in [0.2, 0.25) is 0 Å². The van der Waals surface area contributed by atoms with Gasteiger partial charge in [-0.1, -0.05) is 33.1 Å². The topological polar surface area (TPSA) is 20.2 Å². The van der Waals surface area contributed by atoms with Gasteiger partial charge in [-0.3, -0.25) is 0 Å². The van der Waals surface area contributed by atoms with Crippen LogP contribution in [0.25, 0.3) is 0 Å². The van der Waals surface area contributed by atoms with Crippen LogP contribution in [0.1, 0.15) is 52.9 Å². The Morgan fingerprint density at radius 1 is 1.17 bits per heavy atom. The summed E-state index contributed by atoms with van der Waals surface area (Å²) in [7, 11) is 0. The van der Waals surface area contributed by atoms with E-state index >= 15 is 0 Å². The third kappa shape index (κ3) is 17.0.